The number of carboxylic acid groups (broad SMARTS) is 1. The van der Waals surface area contributed by atoms with Crippen LogP contribution in [0.2, 0.25) is 0 Å². The summed E-state index contributed by atoms with van der Waals surface area (Å²) in [5.41, 5.74) is 0.885. The number of amides is 1. The number of aromatic carboxylic acids is 1. The van der Waals surface area contributed by atoms with Crippen LogP contribution in [0.1, 0.15) is 68.8 Å². The molecule has 0 saturated heterocycles. The molecule has 0 bridgehead atoms. The third-order valence-electron chi connectivity index (χ3n) is 4.61. The van der Waals surface area contributed by atoms with Crippen molar-refractivity contribution in [1.29, 1.82) is 0 Å². The summed E-state index contributed by atoms with van der Waals surface area (Å²) >= 11 is 1.44. The molecule has 0 aromatic carbocycles. The molecule has 1 aromatic rings. The van der Waals surface area contributed by atoms with Crippen molar-refractivity contribution < 1.29 is 14.7 Å². The van der Waals surface area contributed by atoms with Gasteiger partial charge >= 0.3 is 5.97 Å². The minimum absolute atomic E-state index is 0.147. The summed E-state index contributed by atoms with van der Waals surface area (Å²) in [4.78, 5) is 25.1. The number of anilines is 1. The molecule has 1 aliphatic rings. The molecule has 2 N–H and O–H groups in total. The fraction of sp³-hybridized carbons (Fsp3) is 0.667. The zero-order valence-corrected chi connectivity index (χ0v) is 15.7. The SMILES string of the molecule is CC(C)(C)C(=O)Nc1sc2c(c1C(=O)O)CC[C@@H](C(C)(C)C)C2. The van der Waals surface area contributed by atoms with E-state index in [9.17, 15) is 14.7 Å². The van der Waals surface area contributed by atoms with Crippen molar-refractivity contribution in [2.45, 2.75) is 60.8 Å². The van der Waals surface area contributed by atoms with Crippen molar-refractivity contribution in [1.82, 2.24) is 0 Å². The second-order valence-electron chi connectivity index (χ2n) is 8.52. The minimum Gasteiger partial charge on any atom is -0.478 e. The molecule has 1 atom stereocenters. The van der Waals surface area contributed by atoms with Crippen molar-refractivity contribution in [3.8, 4) is 0 Å². The predicted octanol–water partition coefficient (Wildman–Crippen LogP) is 4.58. The quantitative estimate of drug-likeness (QED) is 0.830. The number of rotatable bonds is 2. The Bertz CT molecular complexity index is 632. The van der Waals surface area contributed by atoms with Crippen LogP contribution in [0.15, 0.2) is 0 Å². The topological polar surface area (TPSA) is 66.4 Å². The molecule has 0 unspecified atom stereocenters. The third-order valence-corrected chi connectivity index (χ3v) is 5.78. The van der Waals surface area contributed by atoms with Crippen molar-refractivity contribution in [2.24, 2.45) is 16.7 Å². The first kappa shape index (κ1) is 18.0. The number of hydrogen-bond donors (Lipinski definition) is 2. The van der Waals surface area contributed by atoms with Crippen LogP contribution in [0, 0.1) is 16.7 Å². The van der Waals surface area contributed by atoms with Crippen LogP contribution in [0.4, 0.5) is 5.00 Å². The fourth-order valence-electron chi connectivity index (χ4n) is 2.93. The molecule has 23 heavy (non-hydrogen) atoms. The molecule has 0 aliphatic heterocycles. The van der Waals surface area contributed by atoms with Gasteiger partial charge in [0.25, 0.3) is 0 Å². The van der Waals surface area contributed by atoms with E-state index in [4.69, 9.17) is 0 Å². The average molecular weight is 337 g/mol. The zero-order valence-electron chi connectivity index (χ0n) is 14.9. The highest BCUT2D eigenvalue weighted by Crippen LogP contribution is 2.44. The summed E-state index contributed by atoms with van der Waals surface area (Å²) < 4.78 is 0. The number of carboxylic acids is 1. The standard InChI is InChI=1S/C18H27NO3S/c1-17(2,3)10-7-8-11-12(9-10)23-14(13(11)15(20)21)19-16(22)18(4,5)6/h10H,7-9H2,1-6H3,(H,19,22)(H,20,21)/t10-/m1/s1. The molecule has 1 aliphatic carbocycles. The van der Waals surface area contributed by atoms with Gasteiger partial charge in [0.1, 0.15) is 5.00 Å². The smallest absolute Gasteiger partial charge is 0.339 e. The van der Waals surface area contributed by atoms with E-state index in [1.807, 2.05) is 20.8 Å². The molecule has 1 aromatic heterocycles. The second kappa shape index (κ2) is 5.93. The largest absolute Gasteiger partial charge is 0.478 e. The van der Waals surface area contributed by atoms with E-state index in [0.29, 0.717) is 16.5 Å². The Hall–Kier alpha value is -1.36. The minimum atomic E-state index is -0.944. The number of carbonyl (C=O) groups excluding carboxylic acids is 1. The number of nitrogens with one attached hydrogen (secondary N) is 1. The molecule has 0 fully saturated rings. The summed E-state index contributed by atoms with van der Waals surface area (Å²) in [6.07, 6.45) is 2.68. The lowest BCUT2D eigenvalue weighted by Gasteiger charge is -2.33. The third kappa shape index (κ3) is 3.77. The zero-order chi connectivity index (χ0) is 17.6. The van der Waals surface area contributed by atoms with Crippen molar-refractivity contribution in [3.63, 3.8) is 0 Å². The lowest BCUT2D eigenvalue weighted by molar-refractivity contribution is -0.123. The molecule has 1 heterocycles. The van der Waals surface area contributed by atoms with E-state index in [-0.39, 0.29) is 11.3 Å². The van der Waals surface area contributed by atoms with E-state index >= 15 is 0 Å². The number of hydrogen-bond acceptors (Lipinski definition) is 3. The number of fused-ring (bicyclic) bond motifs is 1. The van der Waals surface area contributed by atoms with E-state index in [1.54, 1.807) is 0 Å². The first-order valence-electron chi connectivity index (χ1n) is 8.10. The number of carbonyl (C=O) groups is 2. The molecule has 1 amide bonds. The molecule has 0 saturated carbocycles. The Morgan fingerprint density at radius 1 is 1.17 bits per heavy atom. The Morgan fingerprint density at radius 2 is 1.78 bits per heavy atom. The van der Waals surface area contributed by atoms with Gasteiger partial charge in [0.05, 0.1) is 5.56 Å². The maximum Gasteiger partial charge on any atom is 0.339 e. The van der Waals surface area contributed by atoms with Crippen LogP contribution in [0.3, 0.4) is 0 Å². The maximum absolute atomic E-state index is 12.2. The van der Waals surface area contributed by atoms with Crippen molar-refractivity contribution in [2.75, 3.05) is 5.32 Å². The Kier molecular flexibility index (Phi) is 4.64. The van der Waals surface area contributed by atoms with Gasteiger partial charge in [0, 0.05) is 10.3 Å². The van der Waals surface area contributed by atoms with Crippen LogP contribution in [0.25, 0.3) is 0 Å². The molecule has 0 spiro atoms. The Morgan fingerprint density at radius 3 is 2.26 bits per heavy atom. The molecular weight excluding hydrogens is 310 g/mol. The molecular formula is C18H27NO3S. The van der Waals surface area contributed by atoms with Crippen LogP contribution in [-0.2, 0) is 17.6 Å². The van der Waals surface area contributed by atoms with Gasteiger partial charge in [0.2, 0.25) is 5.91 Å². The van der Waals surface area contributed by atoms with Crippen LogP contribution in [0.5, 0.6) is 0 Å². The summed E-state index contributed by atoms with van der Waals surface area (Å²) in [5.74, 6) is -0.548. The molecule has 0 radical (unpaired) electrons. The first-order valence-corrected chi connectivity index (χ1v) is 8.92. The Labute approximate surface area is 142 Å². The summed E-state index contributed by atoms with van der Waals surface area (Å²) in [6.45, 7) is 12.2. The van der Waals surface area contributed by atoms with Crippen molar-refractivity contribution in [3.05, 3.63) is 16.0 Å². The maximum atomic E-state index is 12.2. The lowest BCUT2D eigenvalue weighted by Crippen LogP contribution is -2.28. The molecule has 4 nitrogen and oxygen atoms in total. The van der Waals surface area contributed by atoms with Crippen molar-refractivity contribution >= 4 is 28.2 Å². The highest BCUT2D eigenvalue weighted by Gasteiger charge is 2.34. The summed E-state index contributed by atoms with van der Waals surface area (Å²) in [7, 11) is 0. The van der Waals surface area contributed by atoms with E-state index in [0.717, 1.165) is 29.7 Å². The van der Waals surface area contributed by atoms with Gasteiger partial charge in [-0.05, 0) is 36.2 Å². The van der Waals surface area contributed by atoms with Crippen LogP contribution >= 0.6 is 11.3 Å². The molecule has 5 heteroatoms. The molecule has 128 valence electrons. The van der Waals surface area contributed by atoms with Crippen LogP contribution in [-0.4, -0.2) is 17.0 Å². The fourth-order valence-corrected chi connectivity index (χ4v) is 4.24. The molecule has 2 rings (SSSR count). The van der Waals surface area contributed by atoms with E-state index in [1.165, 1.54) is 11.3 Å². The highest BCUT2D eigenvalue weighted by molar-refractivity contribution is 7.17. The second-order valence-corrected chi connectivity index (χ2v) is 9.63. The van der Waals surface area contributed by atoms with Crippen LogP contribution < -0.4 is 5.32 Å². The van der Waals surface area contributed by atoms with Gasteiger partial charge in [-0.15, -0.1) is 11.3 Å². The summed E-state index contributed by atoms with van der Waals surface area (Å²) in [6, 6.07) is 0. The highest BCUT2D eigenvalue weighted by atomic mass is 32.1. The predicted molar refractivity (Wildman–Crippen MR) is 94.3 cm³/mol. The lowest BCUT2D eigenvalue weighted by atomic mass is 9.72. The van der Waals surface area contributed by atoms with E-state index < -0.39 is 11.4 Å². The van der Waals surface area contributed by atoms with Gasteiger partial charge < -0.3 is 10.4 Å². The van der Waals surface area contributed by atoms with E-state index in [2.05, 4.69) is 26.1 Å². The van der Waals surface area contributed by atoms with Gasteiger partial charge in [-0.25, -0.2) is 4.79 Å². The average Bonchev–Trinajstić information content (AvgIpc) is 2.73. The van der Waals surface area contributed by atoms with Gasteiger partial charge in [-0.1, -0.05) is 41.5 Å². The monoisotopic (exact) mass is 337 g/mol. The normalized spacial score (nSPS) is 18.4. The van der Waals surface area contributed by atoms with Gasteiger partial charge in [0.15, 0.2) is 0 Å². The van der Waals surface area contributed by atoms with Gasteiger partial charge in [-0.3, -0.25) is 4.79 Å². The van der Waals surface area contributed by atoms with Gasteiger partial charge in [-0.2, -0.15) is 0 Å². The number of thiophene rings is 1. The Balaban J connectivity index is 2.37. The first-order chi connectivity index (χ1) is 10.4. The summed E-state index contributed by atoms with van der Waals surface area (Å²) in [5, 5.41) is 12.9.